The van der Waals surface area contributed by atoms with Crippen molar-refractivity contribution < 1.29 is 4.79 Å². The summed E-state index contributed by atoms with van der Waals surface area (Å²) < 4.78 is 0. The second kappa shape index (κ2) is 6.16. The molecular weight excluding hydrogens is 260 g/mol. The van der Waals surface area contributed by atoms with Crippen molar-refractivity contribution in [1.82, 2.24) is 4.98 Å². The van der Waals surface area contributed by atoms with E-state index in [2.05, 4.69) is 16.9 Å². The number of amides is 1. The van der Waals surface area contributed by atoms with Crippen molar-refractivity contribution in [1.29, 1.82) is 0 Å². The van der Waals surface area contributed by atoms with E-state index in [0.717, 1.165) is 5.56 Å². The van der Waals surface area contributed by atoms with Gasteiger partial charge < -0.3 is 5.32 Å². The molecule has 0 bridgehead atoms. The number of benzene rings is 1. The molecule has 0 aliphatic heterocycles. The summed E-state index contributed by atoms with van der Waals surface area (Å²) in [6, 6.07) is 10.8. The minimum absolute atomic E-state index is 0.113. The summed E-state index contributed by atoms with van der Waals surface area (Å²) in [7, 11) is 0. The second-order valence-electron chi connectivity index (χ2n) is 4.00. The van der Waals surface area contributed by atoms with Gasteiger partial charge >= 0.3 is 0 Å². The third-order valence-corrected chi connectivity index (χ3v) is 2.79. The number of rotatable bonds is 4. The van der Waals surface area contributed by atoms with Gasteiger partial charge in [0.15, 0.2) is 0 Å². The molecule has 1 aromatic heterocycles. The lowest BCUT2D eigenvalue weighted by Crippen LogP contribution is -2.15. The van der Waals surface area contributed by atoms with Crippen LogP contribution in [0.3, 0.4) is 0 Å². The molecule has 0 fully saturated rings. The molecule has 19 heavy (non-hydrogen) atoms. The number of nitrogens with one attached hydrogen (secondary N) is 1. The summed E-state index contributed by atoms with van der Waals surface area (Å²) in [5.41, 5.74) is 2.18. The first-order valence-corrected chi connectivity index (χ1v) is 6.18. The molecule has 0 aliphatic rings. The predicted molar refractivity (Wildman–Crippen MR) is 78.1 cm³/mol. The number of nitrogens with zero attached hydrogens (tertiary/aromatic N) is 1. The van der Waals surface area contributed by atoms with E-state index in [4.69, 9.17) is 11.6 Å². The first-order valence-electron chi connectivity index (χ1n) is 5.81. The van der Waals surface area contributed by atoms with Crippen molar-refractivity contribution in [2.24, 2.45) is 0 Å². The molecule has 1 amide bonds. The van der Waals surface area contributed by atoms with Crippen LogP contribution in [0.5, 0.6) is 0 Å². The average molecular weight is 273 g/mol. The molecule has 1 heterocycles. The summed E-state index contributed by atoms with van der Waals surface area (Å²) in [5.74, 6) is -0.113. The molecule has 0 radical (unpaired) electrons. The van der Waals surface area contributed by atoms with Crippen LogP contribution < -0.4 is 5.32 Å². The van der Waals surface area contributed by atoms with Crippen LogP contribution in [0.25, 0.3) is 6.08 Å². The van der Waals surface area contributed by atoms with E-state index in [1.807, 2.05) is 12.1 Å². The number of aromatic nitrogens is 1. The Balaban J connectivity index is 2.07. The highest BCUT2D eigenvalue weighted by Gasteiger charge is 2.07. The fourth-order valence-electron chi connectivity index (χ4n) is 1.71. The molecule has 4 heteroatoms. The Hall–Kier alpha value is -2.13. The molecule has 96 valence electrons. The van der Waals surface area contributed by atoms with Gasteiger partial charge in [-0.15, -0.1) is 0 Å². The standard InChI is InChI=1S/C15H13ClN2O/c1-2-13-14(7-4-8-17-13)18-15(19)10-11-5-3-6-12(16)9-11/h2-9H,1,10H2,(H,18,19). The van der Waals surface area contributed by atoms with Crippen molar-refractivity contribution in [2.75, 3.05) is 5.32 Å². The molecule has 0 unspecified atom stereocenters. The van der Waals surface area contributed by atoms with E-state index in [1.54, 1.807) is 36.5 Å². The SMILES string of the molecule is C=Cc1ncccc1NC(=O)Cc1cccc(Cl)c1. The number of pyridine rings is 1. The molecule has 0 atom stereocenters. The van der Waals surface area contributed by atoms with Crippen molar-refractivity contribution in [3.05, 3.63) is 65.5 Å². The minimum Gasteiger partial charge on any atom is -0.324 e. The Labute approximate surface area is 116 Å². The molecule has 0 saturated heterocycles. The highest BCUT2D eigenvalue weighted by atomic mass is 35.5. The van der Waals surface area contributed by atoms with Gasteiger partial charge in [-0.1, -0.05) is 30.3 Å². The largest absolute Gasteiger partial charge is 0.324 e. The van der Waals surface area contributed by atoms with E-state index in [0.29, 0.717) is 16.4 Å². The number of carbonyl (C=O) groups is 1. The third-order valence-electron chi connectivity index (χ3n) is 2.56. The van der Waals surface area contributed by atoms with Crippen molar-refractivity contribution in [3.8, 4) is 0 Å². The number of hydrogen-bond acceptors (Lipinski definition) is 2. The predicted octanol–water partition coefficient (Wildman–Crippen LogP) is 3.56. The first-order chi connectivity index (χ1) is 9.19. The van der Waals surface area contributed by atoms with Gasteiger partial charge in [0.25, 0.3) is 0 Å². The normalized spacial score (nSPS) is 9.95. The molecule has 1 N–H and O–H groups in total. The molecule has 0 aliphatic carbocycles. The number of carbonyl (C=O) groups excluding carboxylic acids is 1. The van der Waals surface area contributed by atoms with Gasteiger partial charge in [-0.3, -0.25) is 9.78 Å². The van der Waals surface area contributed by atoms with Crippen molar-refractivity contribution in [2.45, 2.75) is 6.42 Å². The van der Waals surface area contributed by atoms with E-state index in [-0.39, 0.29) is 12.3 Å². The minimum atomic E-state index is -0.113. The maximum atomic E-state index is 11.9. The monoisotopic (exact) mass is 272 g/mol. The summed E-state index contributed by atoms with van der Waals surface area (Å²) in [4.78, 5) is 16.1. The van der Waals surface area contributed by atoms with Gasteiger partial charge in [0.05, 0.1) is 17.8 Å². The van der Waals surface area contributed by atoms with Crippen LogP contribution in [0.15, 0.2) is 49.2 Å². The van der Waals surface area contributed by atoms with Gasteiger partial charge in [-0.05, 0) is 35.9 Å². The zero-order valence-electron chi connectivity index (χ0n) is 10.3. The summed E-state index contributed by atoms with van der Waals surface area (Å²) in [5, 5.41) is 3.44. The van der Waals surface area contributed by atoms with E-state index in [1.165, 1.54) is 0 Å². The lowest BCUT2D eigenvalue weighted by molar-refractivity contribution is -0.115. The molecule has 2 aromatic rings. The molecule has 0 saturated carbocycles. The van der Waals surface area contributed by atoms with Crippen LogP contribution in [0.4, 0.5) is 5.69 Å². The smallest absolute Gasteiger partial charge is 0.228 e. The zero-order valence-corrected chi connectivity index (χ0v) is 11.0. The zero-order chi connectivity index (χ0) is 13.7. The van der Waals surface area contributed by atoms with Crippen LogP contribution >= 0.6 is 11.6 Å². The van der Waals surface area contributed by atoms with Crippen LogP contribution in [-0.2, 0) is 11.2 Å². The summed E-state index contributed by atoms with van der Waals surface area (Å²) in [6.07, 6.45) is 3.53. The Morgan fingerprint density at radius 1 is 1.37 bits per heavy atom. The number of halogens is 1. The molecule has 2 rings (SSSR count). The van der Waals surface area contributed by atoms with E-state index in [9.17, 15) is 4.79 Å². The molecule has 1 aromatic carbocycles. The Bertz CT molecular complexity index is 611. The maximum Gasteiger partial charge on any atom is 0.228 e. The lowest BCUT2D eigenvalue weighted by atomic mass is 10.1. The summed E-state index contributed by atoms with van der Waals surface area (Å²) in [6.45, 7) is 3.66. The molecule has 0 spiro atoms. The van der Waals surface area contributed by atoms with Crippen LogP contribution in [0.1, 0.15) is 11.3 Å². The fraction of sp³-hybridized carbons (Fsp3) is 0.0667. The highest BCUT2D eigenvalue weighted by Crippen LogP contribution is 2.15. The maximum absolute atomic E-state index is 11.9. The lowest BCUT2D eigenvalue weighted by Gasteiger charge is -2.07. The van der Waals surface area contributed by atoms with Crippen LogP contribution in [0.2, 0.25) is 5.02 Å². The quantitative estimate of drug-likeness (QED) is 0.925. The van der Waals surface area contributed by atoms with Crippen molar-refractivity contribution in [3.63, 3.8) is 0 Å². The van der Waals surface area contributed by atoms with Gasteiger partial charge in [0.2, 0.25) is 5.91 Å². The van der Waals surface area contributed by atoms with Crippen LogP contribution in [0, 0.1) is 0 Å². The van der Waals surface area contributed by atoms with E-state index >= 15 is 0 Å². The number of hydrogen-bond donors (Lipinski definition) is 1. The number of anilines is 1. The highest BCUT2D eigenvalue weighted by molar-refractivity contribution is 6.30. The van der Waals surface area contributed by atoms with Gasteiger partial charge in [-0.2, -0.15) is 0 Å². The first kappa shape index (κ1) is 13.3. The van der Waals surface area contributed by atoms with Crippen molar-refractivity contribution >= 4 is 29.3 Å². The molecule has 3 nitrogen and oxygen atoms in total. The van der Waals surface area contributed by atoms with Gasteiger partial charge in [0.1, 0.15) is 0 Å². The topological polar surface area (TPSA) is 42.0 Å². The van der Waals surface area contributed by atoms with Crippen LogP contribution in [-0.4, -0.2) is 10.9 Å². The Morgan fingerprint density at radius 2 is 2.21 bits per heavy atom. The van der Waals surface area contributed by atoms with Gasteiger partial charge in [-0.25, -0.2) is 0 Å². The summed E-state index contributed by atoms with van der Waals surface area (Å²) >= 11 is 5.88. The Morgan fingerprint density at radius 3 is 2.95 bits per heavy atom. The second-order valence-corrected chi connectivity index (χ2v) is 4.43. The third kappa shape index (κ3) is 3.66. The van der Waals surface area contributed by atoms with Gasteiger partial charge in [0, 0.05) is 11.2 Å². The molecular formula is C15H13ClN2O. The average Bonchev–Trinajstić information content (AvgIpc) is 2.39. The fourth-order valence-corrected chi connectivity index (χ4v) is 1.93. The van der Waals surface area contributed by atoms with E-state index < -0.39 is 0 Å². The Kier molecular flexibility index (Phi) is 4.31.